The third-order valence-corrected chi connectivity index (χ3v) is 5.64. The number of hydrogen-bond acceptors (Lipinski definition) is 4. The van der Waals surface area contributed by atoms with Crippen LogP contribution < -0.4 is 5.32 Å². The Morgan fingerprint density at radius 3 is 2.88 bits per heavy atom. The summed E-state index contributed by atoms with van der Waals surface area (Å²) in [5.41, 5.74) is 0. The van der Waals surface area contributed by atoms with E-state index in [4.69, 9.17) is 4.74 Å². The van der Waals surface area contributed by atoms with Gasteiger partial charge in [0, 0.05) is 19.1 Å². The third kappa shape index (κ3) is 4.44. The van der Waals surface area contributed by atoms with Gasteiger partial charge in [-0.15, -0.1) is 0 Å². The molecule has 100 valence electrons. The maximum atomic E-state index is 11.6. The molecule has 1 rings (SSSR count). The summed E-state index contributed by atoms with van der Waals surface area (Å²) >= 11 is 2.96. The first-order valence-electron chi connectivity index (χ1n) is 5.46. The lowest BCUT2D eigenvalue weighted by molar-refractivity contribution is 0.142. The molecule has 1 amide bonds. The van der Waals surface area contributed by atoms with Crippen molar-refractivity contribution in [3.05, 3.63) is 0 Å². The Bertz CT molecular complexity index is 360. The number of nitrogens with zero attached hydrogens (tertiary/aromatic N) is 1. The van der Waals surface area contributed by atoms with Gasteiger partial charge in [-0.25, -0.2) is 13.2 Å². The van der Waals surface area contributed by atoms with Crippen molar-refractivity contribution in [1.29, 1.82) is 0 Å². The second-order valence-electron chi connectivity index (χ2n) is 3.78. The highest BCUT2D eigenvalue weighted by atomic mass is 79.9. The highest BCUT2D eigenvalue weighted by Crippen LogP contribution is 2.15. The predicted octanol–water partition coefficient (Wildman–Crippen LogP) is 0.879. The number of amides is 1. The molecule has 0 radical (unpaired) electrons. The van der Waals surface area contributed by atoms with Crippen LogP contribution in [0.4, 0.5) is 4.79 Å². The van der Waals surface area contributed by atoms with Crippen LogP contribution >= 0.6 is 15.9 Å². The molecule has 8 heteroatoms. The number of rotatable bonds is 4. The van der Waals surface area contributed by atoms with Crippen LogP contribution in [0.2, 0.25) is 0 Å². The Morgan fingerprint density at radius 1 is 1.59 bits per heavy atom. The van der Waals surface area contributed by atoms with Crippen LogP contribution in [0, 0.1) is 0 Å². The van der Waals surface area contributed by atoms with Crippen LogP contribution in [0.5, 0.6) is 0 Å². The van der Waals surface area contributed by atoms with Gasteiger partial charge < -0.3 is 10.1 Å². The number of halogens is 1. The van der Waals surface area contributed by atoms with Crippen LogP contribution in [0.3, 0.4) is 0 Å². The number of piperidine rings is 1. The predicted molar refractivity (Wildman–Crippen MR) is 67.5 cm³/mol. The number of carbonyl (C=O) groups is 1. The summed E-state index contributed by atoms with van der Waals surface area (Å²) in [5, 5.41) is 2.66. The van der Waals surface area contributed by atoms with Crippen LogP contribution in [0.25, 0.3) is 0 Å². The Morgan fingerprint density at radius 2 is 2.29 bits per heavy atom. The minimum Gasteiger partial charge on any atom is -0.450 e. The van der Waals surface area contributed by atoms with E-state index >= 15 is 0 Å². The van der Waals surface area contributed by atoms with E-state index in [9.17, 15) is 13.2 Å². The molecule has 1 N–H and O–H groups in total. The van der Waals surface area contributed by atoms with Crippen LogP contribution in [-0.2, 0) is 14.8 Å². The largest absolute Gasteiger partial charge is 0.450 e. The molecule has 0 saturated carbocycles. The van der Waals surface area contributed by atoms with E-state index in [1.807, 2.05) is 0 Å². The van der Waals surface area contributed by atoms with E-state index in [1.54, 1.807) is 6.92 Å². The molecular weight excluding hydrogens is 312 g/mol. The highest BCUT2D eigenvalue weighted by Gasteiger charge is 2.28. The lowest BCUT2D eigenvalue weighted by atomic mass is 10.1. The zero-order valence-corrected chi connectivity index (χ0v) is 12.1. The zero-order chi connectivity index (χ0) is 12.9. The molecule has 1 fully saturated rings. The average molecular weight is 329 g/mol. The molecule has 1 saturated heterocycles. The van der Waals surface area contributed by atoms with Gasteiger partial charge in [-0.1, -0.05) is 15.9 Å². The number of carbonyl (C=O) groups excluding carboxylic acids is 1. The minimum absolute atomic E-state index is 0.0911. The normalized spacial score (nSPS) is 22.1. The van der Waals surface area contributed by atoms with E-state index in [0.717, 1.165) is 12.8 Å². The van der Waals surface area contributed by atoms with Crippen molar-refractivity contribution in [2.24, 2.45) is 0 Å². The lowest BCUT2D eigenvalue weighted by Crippen LogP contribution is -2.49. The van der Waals surface area contributed by atoms with Gasteiger partial charge in [-0.05, 0) is 19.8 Å². The van der Waals surface area contributed by atoms with Crippen LogP contribution in [0.15, 0.2) is 0 Å². The van der Waals surface area contributed by atoms with Gasteiger partial charge in [0.25, 0.3) is 0 Å². The fourth-order valence-electron chi connectivity index (χ4n) is 1.72. The van der Waals surface area contributed by atoms with E-state index in [0.29, 0.717) is 19.7 Å². The number of alkyl halides is 1. The second kappa shape index (κ2) is 6.55. The number of ether oxygens (including phenoxy) is 1. The summed E-state index contributed by atoms with van der Waals surface area (Å²) in [6.07, 6.45) is 1.02. The van der Waals surface area contributed by atoms with Gasteiger partial charge in [0.2, 0.25) is 10.0 Å². The summed E-state index contributed by atoms with van der Waals surface area (Å²) in [7, 11) is -3.24. The first kappa shape index (κ1) is 14.7. The van der Waals surface area contributed by atoms with Crippen molar-refractivity contribution in [3.8, 4) is 0 Å². The molecule has 1 aliphatic heterocycles. The van der Waals surface area contributed by atoms with Crippen LogP contribution in [-0.4, -0.2) is 49.2 Å². The smallest absolute Gasteiger partial charge is 0.407 e. The number of hydrogen-bond donors (Lipinski definition) is 1. The van der Waals surface area contributed by atoms with Crippen molar-refractivity contribution in [2.45, 2.75) is 25.8 Å². The van der Waals surface area contributed by atoms with E-state index < -0.39 is 16.1 Å². The maximum absolute atomic E-state index is 11.6. The van der Waals surface area contributed by atoms with Crippen molar-refractivity contribution in [1.82, 2.24) is 9.62 Å². The number of alkyl carbamates (subject to hydrolysis) is 1. The zero-order valence-electron chi connectivity index (χ0n) is 9.69. The van der Waals surface area contributed by atoms with E-state index in [-0.39, 0.29) is 10.7 Å². The van der Waals surface area contributed by atoms with E-state index in [2.05, 4.69) is 21.2 Å². The standard InChI is InChI=1S/C9H17BrN2O4S/c1-2-16-9(13)11-8-4-3-5-12(6-8)17(14,15)7-10/h8H,2-7H2,1H3,(H,11,13). The summed E-state index contributed by atoms with van der Waals surface area (Å²) in [6.45, 7) is 2.85. The van der Waals surface area contributed by atoms with Crippen molar-refractivity contribution >= 4 is 32.0 Å². The fraction of sp³-hybridized carbons (Fsp3) is 0.889. The Kier molecular flexibility index (Phi) is 5.68. The molecule has 0 bridgehead atoms. The molecule has 1 heterocycles. The second-order valence-corrected chi connectivity index (χ2v) is 7.05. The Labute approximate surface area is 110 Å². The molecule has 1 aliphatic rings. The van der Waals surface area contributed by atoms with Gasteiger partial charge in [0.05, 0.1) is 6.61 Å². The van der Waals surface area contributed by atoms with E-state index in [1.165, 1.54) is 4.31 Å². The molecule has 0 aromatic carbocycles. The van der Waals surface area contributed by atoms with Gasteiger partial charge in [0.15, 0.2) is 0 Å². The summed E-state index contributed by atoms with van der Waals surface area (Å²) in [6, 6.07) is -0.170. The first-order valence-corrected chi connectivity index (χ1v) is 8.19. The summed E-state index contributed by atoms with van der Waals surface area (Å²) < 4.78 is 29.4. The van der Waals surface area contributed by atoms with Gasteiger partial charge >= 0.3 is 6.09 Å². The molecule has 1 atom stereocenters. The molecular formula is C9H17BrN2O4S. The molecule has 1 unspecified atom stereocenters. The Hall–Kier alpha value is -0.340. The highest BCUT2D eigenvalue weighted by molar-refractivity contribution is 9.10. The quantitative estimate of drug-likeness (QED) is 0.777. The topological polar surface area (TPSA) is 75.7 Å². The minimum atomic E-state index is -3.24. The van der Waals surface area contributed by atoms with Crippen molar-refractivity contribution < 1.29 is 17.9 Å². The molecule has 0 aromatic rings. The molecule has 0 spiro atoms. The maximum Gasteiger partial charge on any atom is 0.407 e. The third-order valence-electron chi connectivity index (χ3n) is 2.51. The van der Waals surface area contributed by atoms with Gasteiger partial charge in [-0.2, -0.15) is 4.31 Å². The summed E-state index contributed by atoms with van der Waals surface area (Å²) in [4.78, 5) is 11.2. The fourth-order valence-corrected chi connectivity index (χ4v) is 3.54. The number of sulfonamides is 1. The average Bonchev–Trinajstić information content (AvgIpc) is 2.29. The van der Waals surface area contributed by atoms with Gasteiger partial charge in [0.1, 0.15) is 4.66 Å². The molecule has 0 aromatic heterocycles. The molecule has 6 nitrogen and oxygen atoms in total. The first-order chi connectivity index (χ1) is 7.99. The summed E-state index contributed by atoms with van der Waals surface area (Å²) in [5.74, 6) is 0. The molecule has 17 heavy (non-hydrogen) atoms. The van der Waals surface area contributed by atoms with Crippen molar-refractivity contribution in [2.75, 3.05) is 24.4 Å². The number of nitrogens with one attached hydrogen (secondary N) is 1. The lowest BCUT2D eigenvalue weighted by Gasteiger charge is -2.31. The SMILES string of the molecule is CCOC(=O)NC1CCCN(S(=O)(=O)CBr)C1. The van der Waals surface area contributed by atoms with Gasteiger partial charge in [-0.3, -0.25) is 0 Å². The van der Waals surface area contributed by atoms with Crippen LogP contribution in [0.1, 0.15) is 19.8 Å². The monoisotopic (exact) mass is 328 g/mol. The Balaban J connectivity index is 2.52. The van der Waals surface area contributed by atoms with Crippen molar-refractivity contribution in [3.63, 3.8) is 0 Å². The molecule has 0 aliphatic carbocycles.